The van der Waals surface area contributed by atoms with Crippen molar-refractivity contribution in [2.24, 2.45) is 7.05 Å². The van der Waals surface area contributed by atoms with Gasteiger partial charge >= 0.3 is 0 Å². The Labute approximate surface area is 300 Å². The number of rotatable bonds is 5. The van der Waals surface area contributed by atoms with Crippen LogP contribution in [-0.4, -0.2) is 12.0 Å². The molecule has 1 radical (unpaired) electrons. The minimum atomic E-state index is -1.33. The molecule has 5 nitrogen and oxygen atoms in total. The van der Waals surface area contributed by atoms with Gasteiger partial charge in [-0.2, -0.15) is 0 Å². The molecule has 0 saturated carbocycles. The van der Waals surface area contributed by atoms with Crippen LogP contribution in [0.15, 0.2) is 152 Å². The molecule has 6 aromatic carbocycles. The van der Waals surface area contributed by atoms with E-state index in [0.717, 1.165) is 56.2 Å². The van der Waals surface area contributed by atoms with Crippen molar-refractivity contribution in [2.75, 3.05) is 16.8 Å². The Morgan fingerprint density at radius 3 is 2.12 bits per heavy atom. The van der Waals surface area contributed by atoms with E-state index in [0.29, 0.717) is 0 Å². The fourth-order valence-corrected chi connectivity index (χ4v) is 9.76. The number of hydrogen-bond acceptors (Lipinski definition) is 3. The van der Waals surface area contributed by atoms with E-state index >= 15 is 0 Å². The first-order valence-electron chi connectivity index (χ1n) is 16.1. The van der Waals surface area contributed by atoms with Crippen LogP contribution in [0.3, 0.4) is 0 Å². The number of pyridine rings is 1. The van der Waals surface area contributed by atoms with Crippen molar-refractivity contribution < 1.29 is 24.7 Å². The second-order valence-electron chi connectivity index (χ2n) is 12.2. The molecule has 0 bridgehead atoms. The van der Waals surface area contributed by atoms with Crippen LogP contribution < -0.4 is 35.3 Å². The SMILES string of the molecule is CN1c2cc3cccc([PH+](c4ccccc4)c4ccccc4)c3[c-]c2N(c2cccc(-c3cccc4c3[n-]c[n+]4C)n2)c2ccccc21.[Ir]. The van der Waals surface area contributed by atoms with E-state index in [1.807, 2.05) is 17.9 Å². The van der Waals surface area contributed by atoms with Crippen LogP contribution in [0, 0.1) is 6.07 Å². The average Bonchev–Trinajstić information content (AvgIpc) is 3.53. The van der Waals surface area contributed by atoms with Gasteiger partial charge in [0.1, 0.15) is 5.82 Å². The Bertz CT molecular complexity index is 2420. The van der Waals surface area contributed by atoms with Crippen molar-refractivity contribution in [3.63, 3.8) is 0 Å². The zero-order valence-electron chi connectivity index (χ0n) is 27.0. The molecule has 3 heterocycles. The van der Waals surface area contributed by atoms with Crippen LogP contribution in [0.1, 0.15) is 0 Å². The smallest absolute Gasteiger partial charge is 0.136 e. The third kappa shape index (κ3) is 5.25. The molecule has 7 heteroatoms. The number of aryl methyl sites for hydroxylation is 1. The third-order valence-electron chi connectivity index (χ3n) is 9.33. The Morgan fingerprint density at radius 1 is 0.694 bits per heavy atom. The molecule has 49 heavy (non-hydrogen) atoms. The summed E-state index contributed by atoms with van der Waals surface area (Å²) in [5, 5.41) is 6.34. The Hall–Kier alpha value is -5.12. The standard InChI is InChI=1S/C42H31N5P.Ir/c1-45-28-43-42-32(19-12-23-37(42)45)34-20-13-25-41(44-34)47-36-22-10-9-21-35(36)46(2)38-26-29-14-11-24-40(33(29)27-39(38)47)48(30-15-5-3-6-16-30)31-17-7-4-8-18-31;/h3-26,28H,1-2H3;/q-1;/p+1. The van der Waals surface area contributed by atoms with E-state index in [9.17, 15) is 0 Å². The van der Waals surface area contributed by atoms with E-state index in [1.165, 1.54) is 21.3 Å². The number of hydrogen-bond donors (Lipinski definition) is 0. The number of benzene rings is 6. The molecule has 1 aliphatic heterocycles. The van der Waals surface area contributed by atoms with E-state index < -0.39 is 7.92 Å². The second-order valence-corrected chi connectivity index (χ2v) is 14.6. The summed E-state index contributed by atoms with van der Waals surface area (Å²) in [4.78, 5) is 14.6. The molecule has 8 aromatic rings. The first kappa shape index (κ1) is 31.2. The fourth-order valence-electron chi connectivity index (χ4n) is 7.04. The van der Waals surface area contributed by atoms with Crippen LogP contribution in [0.25, 0.3) is 33.1 Å². The first-order chi connectivity index (χ1) is 23.7. The van der Waals surface area contributed by atoms with E-state index in [4.69, 9.17) is 9.97 Å². The summed E-state index contributed by atoms with van der Waals surface area (Å²) >= 11 is 0. The van der Waals surface area contributed by atoms with Gasteiger partial charge in [0.05, 0.1) is 53.0 Å². The Kier molecular flexibility index (Phi) is 8.09. The molecule has 0 unspecified atom stereocenters. The van der Waals surface area contributed by atoms with Gasteiger partial charge in [0.15, 0.2) is 0 Å². The predicted molar refractivity (Wildman–Crippen MR) is 201 cm³/mol. The van der Waals surface area contributed by atoms with E-state index in [1.54, 1.807) is 0 Å². The quantitative estimate of drug-likeness (QED) is 0.102. The maximum absolute atomic E-state index is 5.33. The molecule has 0 spiro atoms. The first-order valence-corrected chi connectivity index (χ1v) is 17.6. The minimum absolute atomic E-state index is 0. The summed E-state index contributed by atoms with van der Waals surface area (Å²) in [5.74, 6) is 0.840. The summed E-state index contributed by atoms with van der Waals surface area (Å²) in [6, 6.07) is 56.0. The van der Waals surface area contributed by atoms with Crippen molar-refractivity contribution in [2.45, 2.75) is 0 Å². The van der Waals surface area contributed by atoms with Gasteiger partial charge in [-0.3, -0.25) is 0 Å². The Morgan fingerprint density at radius 2 is 1.37 bits per heavy atom. The van der Waals surface area contributed by atoms with Crippen molar-refractivity contribution in [1.82, 2.24) is 9.97 Å². The topological polar surface area (TPSA) is 37.4 Å². The monoisotopic (exact) mass is 830 g/mol. The number of fused-ring (bicyclic) bond motifs is 4. The average molecular weight is 830 g/mol. The zero-order chi connectivity index (χ0) is 32.2. The largest absolute Gasteiger partial charge is 0.381 e. The van der Waals surface area contributed by atoms with Gasteiger partial charge in [-0.1, -0.05) is 90.3 Å². The predicted octanol–water partition coefficient (Wildman–Crippen LogP) is 7.68. The van der Waals surface area contributed by atoms with Crippen LogP contribution >= 0.6 is 7.92 Å². The number of aromatic nitrogens is 3. The number of imidazole rings is 1. The summed E-state index contributed by atoms with van der Waals surface area (Å²) < 4.78 is 2.05. The second kappa shape index (κ2) is 12.7. The molecule has 239 valence electrons. The van der Waals surface area contributed by atoms with Gasteiger partial charge in [-0.25, -0.2) is 9.97 Å². The molecule has 0 amide bonds. The molecule has 9 rings (SSSR count). The molecule has 0 N–H and O–H groups in total. The fraction of sp³-hybridized carbons (Fsp3) is 0.0476. The summed E-state index contributed by atoms with van der Waals surface area (Å²) in [5.41, 5.74) is 8.18. The van der Waals surface area contributed by atoms with Gasteiger partial charge in [0.2, 0.25) is 0 Å². The Balaban J connectivity index is 0.00000348. The minimum Gasteiger partial charge on any atom is -0.381 e. The van der Waals surface area contributed by atoms with Crippen molar-refractivity contribution in [1.29, 1.82) is 0 Å². The van der Waals surface area contributed by atoms with Gasteiger partial charge in [-0.05, 0) is 66.0 Å². The van der Waals surface area contributed by atoms with Crippen LogP contribution in [0.5, 0.6) is 0 Å². The maximum atomic E-state index is 5.33. The van der Waals surface area contributed by atoms with Gasteiger partial charge in [-0.15, -0.1) is 17.5 Å². The van der Waals surface area contributed by atoms with E-state index in [2.05, 4.69) is 169 Å². The van der Waals surface area contributed by atoms with E-state index in [-0.39, 0.29) is 20.1 Å². The van der Waals surface area contributed by atoms with Crippen LogP contribution in [0.2, 0.25) is 0 Å². The van der Waals surface area contributed by atoms with Crippen molar-refractivity contribution >= 4 is 74.2 Å². The number of nitrogens with zero attached hydrogens (tertiary/aromatic N) is 5. The summed E-state index contributed by atoms with van der Waals surface area (Å²) in [6.07, 6.45) is 1.86. The molecule has 0 atom stereocenters. The maximum Gasteiger partial charge on any atom is 0.136 e. The van der Waals surface area contributed by atoms with Gasteiger partial charge < -0.3 is 14.4 Å². The summed E-state index contributed by atoms with van der Waals surface area (Å²) in [7, 11) is 2.84. The zero-order valence-corrected chi connectivity index (χ0v) is 30.4. The normalized spacial score (nSPS) is 12.2. The molecule has 0 saturated heterocycles. The van der Waals surface area contributed by atoms with Crippen LogP contribution in [-0.2, 0) is 27.2 Å². The summed E-state index contributed by atoms with van der Waals surface area (Å²) in [6.45, 7) is 0. The molecule has 0 fully saturated rings. The third-order valence-corrected chi connectivity index (χ3v) is 12.1. The molecular weight excluding hydrogens is 798 g/mol. The molecular formula is C42H32IrN5P. The van der Waals surface area contributed by atoms with Gasteiger partial charge in [0, 0.05) is 45.1 Å². The van der Waals surface area contributed by atoms with Gasteiger partial charge in [0.25, 0.3) is 0 Å². The molecule has 2 aromatic heterocycles. The van der Waals surface area contributed by atoms with Crippen LogP contribution in [0.4, 0.5) is 28.6 Å². The number of anilines is 5. The molecule has 1 aliphatic rings. The number of para-hydroxylation sites is 3. The van der Waals surface area contributed by atoms with Crippen molar-refractivity contribution in [3.8, 4) is 11.3 Å². The van der Waals surface area contributed by atoms with Crippen molar-refractivity contribution in [3.05, 3.63) is 158 Å². The molecule has 0 aliphatic carbocycles.